The largest absolute Gasteiger partial charge is 0.397 e. The maximum absolute atomic E-state index is 10.6. The van der Waals surface area contributed by atoms with Crippen LogP contribution in [0.1, 0.15) is 6.92 Å². The second-order valence-corrected chi connectivity index (χ2v) is 2.18. The van der Waals surface area contributed by atoms with Crippen molar-refractivity contribution in [2.75, 3.05) is 11.1 Å². The quantitative estimate of drug-likeness (QED) is 0.586. The normalized spacial score (nSPS) is 9.18. The lowest BCUT2D eigenvalue weighted by molar-refractivity contribution is -0.114. The number of carbonyl (C=O) groups excluding carboxylic acids is 1. The highest BCUT2D eigenvalue weighted by Gasteiger charge is 1.97. The van der Waals surface area contributed by atoms with Gasteiger partial charge in [0.25, 0.3) is 0 Å². The van der Waals surface area contributed by atoms with E-state index in [2.05, 4.69) is 11.4 Å². The van der Waals surface area contributed by atoms with Gasteiger partial charge < -0.3 is 11.1 Å². The molecule has 0 aliphatic heterocycles. The van der Waals surface area contributed by atoms with E-state index in [-0.39, 0.29) is 5.91 Å². The van der Waals surface area contributed by atoms with E-state index in [1.807, 2.05) is 0 Å². The number of hydrogen-bond acceptors (Lipinski definition) is 2. The lowest BCUT2D eigenvalue weighted by atomic mass is 10.3. The summed E-state index contributed by atoms with van der Waals surface area (Å²) in [6.45, 7) is 1.43. The highest BCUT2D eigenvalue weighted by molar-refractivity contribution is 5.91. The number of nitrogen functional groups attached to an aromatic ring is 1. The van der Waals surface area contributed by atoms with Crippen molar-refractivity contribution in [2.24, 2.45) is 0 Å². The molecular weight excluding hydrogens is 140 g/mol. The van der Waals surface area contributed by atoms with Crippen LogP contribution in [0.15, 0.2) is 18.2 Å². The maximum Gasteiger partial charge on any atom is 0.221 e. The Kier molecular flexibility index (Phi) is 2.11. The minimum atomic E-state index is -0.140. The van der Waals surface area contributed by atoms with Crippen molar-refractivity contribution in [3.8, 4) is 0 Å². The van der Waals surface area contributed by atoms with E-state index in [0.717, 1.165) is 0 Å². The standard InChI is InChI=1S/C8H9N2O/c1-6(11)10-8-5-3-2-4-7(8)9/h2-4H,9H2,1H3,(H,10,11). The maximum atomic E-state index is 10.6. The molecule has 0 heterocycles. The molecule has 0 saturated heterocycles. The van der Waals surface area contributed by atoms with Gasteiger partial charge in [0.05, 0.1) is 11.4 Å². The second kappa shape index (κ2) is 3.05. The molecule has 0 bridgehead atoms. The molecule has 0 aromatic heterocycles. The molecule has 0 saturated carbocycles. The molecule has 3 heteroatoms. The molecule has 3 N–H and O–H groups in total. The molecular formula is C8H9N2O. The lowest BCUT2D eigenvalue weighted by Crippen LogP contribution is -2.07. The molecule has 0 aliphatic rings. The van der Waals surface area contributed by atoms with Crippen LogP contribution in [-0.4, -0.2) is 5.91 Å². The van der Waals surface area contributed by atoms with Crippen LogP contribution in [0.3, 0.4) is 0 Å². The summed E-state index contributed by atoms with van der Waals surface area (Å²) in [5, 5.41) is 2.55. The van der Waals surface area contributed by atoms with Gasteiger partial charge in [-0.3, -0.25) is 4.79 Å². The molecule has 1 aromatic rings. The Labute approximate surface area is 65.2 Å². The summed E-state index contributed by atoms with van der Waals surface area (Å²) in [7, 11) is 0. The van der Waals surface area contributed by atoms with Gasteiger partial charge in [0.15, 0.2) is 0 Å². The smallest absolute Gasteiger partial charge is 0.221 e. The third-order valence-corrected chi connectivity index (χ3v) is 1.19. The number of anilines is 2. The third kappa shape index (κ3) is 1.97. The van der Waals surface area contributed by atoms with E-state index < -0.39 is 0 Å². The van der Waals surface area contributed by atoms with Crippen molar-refractivity contribution in [1.82, 2.24) is 0 Å². The summed E-state index contributed by atoms with van der Waals surface area (Å²) in [5.41, 5.74) is 6.59. The van der Waals surface area contributed by atoms with Crippen molar-refractivity contribution in [2.45, 2.75) is 6.92 Å². The molecule has 3 nitrogen and oxygen atoms in total. The first-order valence-electron chi connectivity index (χ1n) is 3.24. The zero-order valence-electron chi connectivity index (χ0n) is 6.22. The van der Waals surface area contributed by atoms with Gasteiger partial charge in [-0.2, -0.15) is 0 Å². The lowest BCUT2D eigenvalue weighted by Gasteiger charge is -2.03. The van der Waals surface area contributed by atoms with Crippen LogP contribution in [0.25, 0.3) is 0 Å². The van der Waals surface area contributed by atoms with Gasteiger partial charge in [0.2, 0.25) is 5.91 Å². The van der Waals surface area contributed by atoms with Gasteiger partial charge in [-0.25, -0.2) is 0 Å². The summed E-state index contributed by atoms with van der Waals surface area (Å²) >= 11 is 0. The molecule has 57 valence electrons. The molecule has 0 unspecified atom stereocenters. The van der Waals surface area contributed by atoms with E-state index in [0.29, 0.717) is 11.4 Å². The number of amides is 1. The Bertz CT molecular complexity index is 271. The first kappa shape index (κ1) is 7.60. The molecule has 11 heavy (non-hydrogen) atoms. The van der Waals surface area contributed by atoms with Crippen molar-refractivity contribution >= 4 is 17.3 Å². The zero-order chi connectivity index (χ0) is 8.27. The van der Waals surface area contributed by atoms with Crippen molar-refractivity contribution in [3.63, 3.8) is 0 Å². The number of hydrogen-bond donors (Lipinski definition) is 2. The third-order valence-electron chi connectivity index (χ3n) is 1.19. The van der Waals surface area contributed by atoms with Crippen LogP contribution in [0, 0.1) is 6.07 Å². The van der Waals surface area contributed by atoms with Crippen molar-refractivity contribution < 1.29 is 4.79 Å². The molecule has 1 amide bonds. The Hall–Kier alpha value is -1.51. The Morgan fingerprint density at radius 2 is 2.45 bits per heavy atom. The number of nitrogens with one attached hydrogen (secondary N) is 1. The molecule has 1 radical (unpaired) electrons. The predicted octanol–water partition coefficient (Wildman–Crippen LogP) is 1.03. The molecule has 0 spiro atoms. The van der Waals surface area contributed by atoms with Crippen LogP contribution in [-0.2, 0) is 4.79 Å². The van der Waals surface area contributed by atoms with Gasteiger partial charge in [-0.15, -0.1) is 0 Å². The van der Waals surface area contributed by atoms with Gasteiger partial charge in [0.1, 0.15) is 0 Å². The fourth-order valence-corrected chi connectivity index (χ4v) is 0.734. The van der Waals surface area contributed by atoms with E-state index in [1.54, 1.807) is 18.2 Å². The van der Waals surface area contributed by atoms with E-state index in [9.17, 15) is 4.79 Å². The number of nitrogens with two attached hydrogens (primary N) is 1. The first-order chi connectivity index (χ1) is 5.20. The predicted molar refractivity (Wildman–Crippen MR) is 44.0 cm³/mol. The monoisotopic (exact) mass is 149 g/mol. The molecule has 0 fully saturated rings. The van der Waals surface area contributed by atoms with Gasteiger partial charge in [-0.1, -0.05) is 12.1 Å². The Morgan fingerprint density at radius 1 is 1.73 bits per heavy atom. The van der Waals surface area contributed by atoms with E-state index in [4.69, 9.17) is 5.73 Å². The van der Waals surface area contributed by atoms with E-state index >= 15 is 0 Å². The summed E-state index contributed by atoms with van der Waals surface area (Å²) in [6, 6.07) is 7.98. The summed E-state index contributed by atoms with van der Waals surface area (Å²) in [6.07, 6.45) is 0. The number of benzene rings is 1. The molecule has 0 aliphatic carbocycles. The molecule has 1 rings (SSSR count). The Morgan fingerprint density at radius 3 is 3.00 bits per heavy atom. The zero-order valence-corrected chi connectivity index (χ0v) is 6.22. The molecule has 1 aromatic carbocycles. The van der Waals surface area contributed by atoms with Gasteiger partial charge >= 0.3 is 0 Å². The fraction of sp³-hybridized carbons (Fsp3) is 0.125. The summed E-state index contributed by atoms with van der Waals surface area (Å²) in [5.74, 6) is -0.140. The number of para-hydroxylation sites is 1. The van der Waals surface area contributed by atoms with Gasteiger partial charge in [0, 0.05) is 13.0 Å². The van der Waals surface area contributed by atoms with Crippen LogP contribution >= 0.6 is 0 Å². The fourth-order valence-electron chi connectivity index (χ4n) is 0.734. The summed E-state index contributed by atoms with van der Waals surface area (Å²) in [4.78, 5) is 10.6. The van der Waals surface area contributed by atoms with Crippen LogP contribution in [0.2, 0.25) is 0 Å². The minimum absolute atomic E-state index is 0.140. The van der Waals surface area contributed by atoms with Crippen molar-refractivity contribution in [3.05, 3.63) is 24.3 Å². The average Bonchev–Trinajstić information content (AvgIpc) is 1.93. The SMILES string of the molecule is CC(=O)Nc1[c]cccc1N. The van der Waals surface area contributed by atoms with Crippen LogP contribution in [0.4, 0.5) is 11.4 Å². The van der Waals surface area contributed by atoms with Gasteiger partial charge in [-0.05, 0) is 6.07 Å². The highest BCUT2D eigenvalue weighted by Crippen LogP contribution is 2.15. The Balaban J connectivity index is 2.86. The van der Waals surface area contributed by atoms with Crippen molar-refractivity contribution in [1.29, 1.82) is 0 Å². The van der Waals surface area contributed by atoms with Crippen LogP contribution in [0.5, 0.6) is 0 Å². The second-order valence-electron chi connectivity index (χ2n) is 2.18. The number of carbonyl (C=O) groups is 1. The number of rotatable bonds is 1. The average molecular weight is 149 g/mol. The van der Waals surface area contributed by atoms with E-state index in [1.165, 1.54) is 6.92 Å². The highest BCUT2D eigenvalue weighted by atomic mass is 16.1. The first-order valence-corrected chi connectivity index (χ1v) is 3.24. The topological polar surface area (TPSA) is 55.1 Å². The van der Waals surface area contributed by atoms with Crippen LogP contribution < -0.4 is 11.1 Å². The summed E-state index contributed by atoms with van der Waals surface area (Å²) < 4.78 is 0. The minimum Gasteiger partial charge on any atom is -0.397 e. The molecule has 0 atom stereocenters.